The summed E-state index contributed by atoms with van der Waals surface area (Å²) in [6.45, 7) is 5.43. The van der Waals surface area contributed by atoms with Gasteiger partial charge in [-0.3, -0.25) is 14.6 Å². The molecule has 1 atom stereocenters. The number of rotatable bonds is 9. The third kappa shape index (κ3) is 6.29. The third-order valence-corrected chi connectivity index (χ3v) is 7.92. The first-order valence-electron chi connectivity index (χ1n) is 13.1. The van der Waals surface area contributed by atoms with E-state index in [1.165, 1.54) is 18.2 Å². The van der Waals surface area contributed by atoms with Crippen molar-refractivity contribution < 1.29 is 14.3 Å². The summed E-state index contributed by atoms with van der Waals surface area (Å²) in [4.78, 5) is 23.5. The maximum atomic E-state index is 13.6. The van der Waals surface area contributed by atoms with Crippen molar-refractivity contribution in [1.82, 2.24) is 9.80 Å². The molecule has 196 valence electrons. The molecule has 0 radical (unpaired) electrons. The van der Waals surface area contributed by atoms with E-state index in [0.717, 1.165) is 53.0 Å². The van der Waals surface area contributed by atoms with E-state index in [-0.39, 0.29) is 5.91 Å². The minimum Gasteiger partial charge on any atom is -0.497 e. The molecule has 1 amide bonds. The van der Waals surface area contributed by atoms with Crippen LogP contribution in [-0.2, 0) is 11.4 Å². The van der Waals surface area contributed by atoms with Gasteiger partial charge < -0.3 is 9.47 Å². The maximum Gasteiger partial charge on any atom is 0.266 e. The fourth-order valence-corrected chi connectivity index (χ4v) is 5.81. The molecule has 6 nitrogen and oxygen atoms in total. The Bertz CT molecular complexity index is 1290. The number of amides is 1. The summed E-state index contributed by atoms with van der Waals surface area (Å²) in [7, 11) is 1.65. The highest BCUT2D eigenvalue weighted by Crippen LogP contribution is 2.36. The van der Waals surface area contributed by atoms with Crippen molar-refractivity contribution in [3.05, 3.63) is 94.9 Å². The second-order valence-corrected chi connectivity index (χ2v) is 10.4. The summed E-state index contributed by atoms with van der Waals surface area (Å²) < 4.78 is 11.2. The van der Waals surface area contributed by atoms with E-state index in [0.29, 0.717) is 24.1 Å². The van der Waals surface area contributed by atoms with Crippen LogP contribution in [0.25, 0.3) is 6.08 Å². The van der Waals surface area contributed by atoms with Crippen LogP contribution in [0.5, 0.6) is 11.5 Å². The molecule has 0 aliphatic carbocycles. The first-order chi connectivity index (χ1) is 18.6. The van der Waals surface area contributed by atoms with Crippen molar-refractivity contribution in [3.8, 4) is 11.5 Å². The summed E-state index contributed by atoms with van der Waals surface area (Å²) >= 11 is 1.44. The summed E-state index contributed by atoms with van der Waals surface area (Å²) in [5.74, 6) is 1.59. The van der Waals surface area contributed by atoms with Crippen molar-refractivity contribution in [2.24, 2.45) is 4.99 Å². The number of likely N-dealkylation sites (tertiary alicyclic amines) is 1. The first-order valence-corrected chi connectivity index (χ1v) is 13.9. The fraction of sp³-hybridized carbons (Fsp3) is 0.290. The number of hydrogen-bond donors (Lipinski definition) is 0. The Labute approximate surface area is 229 Å². The number of thioether (sulfide) groups is 1. The van der Waals surface area contributed by atoms with E-state index in [2.05, 4.69) is 11.8 Å². The number of carbonyl (C=O) groups excluding carboxylic acids is 1. The van der Waals surface area contributed by atoms with Crippen LogP contribution in [0.1, 0.15) is 30.9 Å². The standard InChI is InChI=1S/C31H33N3O3S/c1-3-33-19-7-10-26(33)21-34-30(35)29(38-31(34)32-25-13-17-27(36-2)18-14-25)20-23-11-15-28(16-12-23)37-22-24-8-5-4-6-9-24/h4-6,8-9,11-18,20,26H,3,7,10,19,21-22H2,1-2H3/b29-20-,32-31?/t26-/m1/s1. The Hall–Kier alpha value is -3.55. The Balaban J connectivity index is 1.34. The normalized spacial score (nSPS) is 20.0. The van der Waals surface area contributed by atoms with Crippen molar-refractivity contribution in [3.63, 3.8) is 0 Å². The van der Waals surface area contributed by atoms with Crippen LogP contribution in [0, 0.1) is 0 Å². The molecule has 0 unspecified atom stereocenters. The lowest BCUT2D eigenvalue weighted by Gasteiger charge is -2.27. The quantitative estimate of drug-likeness (QED) is 0.303. The molecule has 2 heterocycles. The van der Waals surface area contributed by atoms with Crippen molar-refractivity contribution in [1.29, 1.82) is 0 Å². The maximum absolute atomic E-state index is 13.6. The third-order valence-electron chi connectivity index (χ3n) is 6.91. The SMILES string of the molecule is CCN1CCC[C@@H]1CN1C(=O)/C(=C/c2ccc(OCc3ccccc3)cc2)SC1=Nc1ccc(OC)cc1. The molecule has 0 aromatic heterocycles. The largest absolute Gasteiger partial charge is 0.497 e. The van der Waals surface area contributed by atoms with Crippen LogP contribution in [0.15, 0.2) is 88.8 Å². The zero-order chi connectivity index (χ0) is 26.3. The van der Waals surface area contributed by atoms with Crippen molar-refractivity contribution in [2.75, 3.05) is 26.7 Å². The number of nitrogens with zero attached hydrogens (tertiary/aromatic N) is 3. The van der Waals surface area contributed by atoms with Gasteiger partial charge in [0.1, 0.15) is 18.1 Å². The van der Waals surface area contributed by atoms with Crippen LogP contribution < -0.4 is 9.47 Å². The highest BCUT2D eigenvalue weighted by molar-refractivity contribution is 8.18. The first kappa shape index (κ1) is 26.1. The summed E-state index contributed by atoms with van der Waals surface area (Å²) in [6.07, 6.45) is 4.21. The van der Waals surface area contributed by atoms with Gasteiger partial charge in [0.05, 0.1) is 17.7 Å². The van der Waals surface area contributed by atoms with Crippen molar-refractivity contribution >= 4 is 34.6 Å². The molecule has 5 rings (SSSR count). The van der Waals surface area contributed by atoms with E-state index < -0.39 is 0 Å². The molecule has 38 heavy (non-hydrogen) atoms. The highest BCUT2D eigenvalue weighted by Gasteiger charge is 2.37. The Morgan fingerprint density at radius 3 is 2.45 bits per heavy atom. The fourth-order valence-electron chi connectivity index (χ4n) is 4.80. The molecule has 7 heteroatoms. The zero-order valence-electron chi connectivity index (χ0n) is 21.9. The van der Waals surface area contributed by atoms with Gasteiger partial charge in [0.15, 0.2) is 5.17 Å². The summed E-state index contributed by atoms with van der Waals surface area (Å²) in [5.41, 5.74) is 2.87. The van der Waals surface area contributed by atoms with Gasteiger partial charge in [0.25, 0.3) is 5.91 Å². The number of benzene rings is 3. The predicted octanol–water partition coefficient (Wildman–Crippen LogP) is 6.36. The van der Waals surface area contributed by atoms with Gasteiger partial charge >= 0.3 is 0 Å². The monoisotopic (exact) mass is 527 g/mol. The number of ether oxygens (including phenoxy) is 2. The van der Waals surface area contributed by atoms with E-state index in [1.807, 2.05) is 89.8 Å². The molecule has 3 aromatic carbocycles. The zero-order valence-corrected chi connectivity index (χ0v) is 22.7. The minimum atomic E-state index is 0.00891. The van der Waals surface area contributed by atoms with E-state index in [4.69, 9.17) is 14.5 Å². The van der Waals surface area contributed by atoms with Crippen molar-refractivity contribution in [2.45, 2.75) is 32.4 Å². The van der Waals surface area contributed by atoms with Gasteiger partial charge in [-0.15, -0.1) is 0 Å². The average molecular weight is 528 g/mol. The number of methoxy groups -OCH3 is 1. The van der Waals surface area contributed by atoms with Gasteiger partial charge in [-0.2, -0.15) is 0 Å². The van der Waals surface area contributed by atoms with Gasteiger partial charge in [0.2, 0.25) is 0 Å². The van der Waals surface area contributed by atoms with Gasteiger partial charge in [0, 0.05) is 12.6 Å². The molecule has 0 N–H and O–H groups in total. The molecule has 2 saturated heterocycles. The molecule has 0 spiro atoms. The predicted molar refractivity (Wildman–Crippen MR) is 155 cm³/mol. The van der Waals surface area contributed by atoms with Crippen LogP contribution >= 0.6 is 11.8 Å². The number of aliphatic imine (C=N–C) groups is 1. The van der Waals surface area contributed by atoms with Crippen LogP contribution in [-0.4, -0.2) is 53.7 Å². The van der Waals surface area contributed by atoms with Crippen LogP contribution in [0.2, 0.25) is 0 Å². The lowest BCUT2D eigenvalue weighted by molar-refractivity contribution is -0.122. The molecule has 2 aliphatic heterocycles. The lowest BCUT2D eigenvalue weighted by atomic mass is 10.2. The van der Waals surface area contributed by atoms with E-state index >= 15 is 0 Å². The van der Waals surface area contributed by atoms with Crippen LogP contribution in [0.4, 0.5) is 5.69 Å². The average Bonchev–Trinajstić information content (AvgIpc) is 3.53. The smallest absolute Gasteiger partial charge is 0.266 e. The van der Waals surface area contributed by atoms with Crippen LogP contribution in [0.3, 0.4) is 0 Å². The van der Waals surface area contributed by atoms with Gasteiger partial charge in [-0.25, -0.2) is 4.99 Å². The van der Waals surface area contributed by atoms with E-state index in [9.17, 15) is 4.79 Å². The van der Waals surface area contributed by atoms with Gasteiger partial charge in [-0.05, 0) is 91.3 Å². The molecule has 2 fully saturated rings. The highest BCUT2D eigenvalue weighted by atomic mass is 32.2. The Morgan fingerprint density at radius 1 is 1.00 bits per heavy atom. The lowest BCUT2D eigenvalue weighted by Crippen LogP contribution is -2.42. The topological polar surface area (TPSA) is 54.4 Å². The Morgan fingerprint density at radius 2 is 1.74 bits per heavy atom. The second kappa shape index (κ2) is 12.3. The minimum absolute atomic E-state index is 0.00891. The molecule has 2 aliphatic rings. The van der Waals surface area contributed by atoms with E-state index in [1.54, 1.807) is 7.11 Å². The molecular formula is C31H33N3O3S. The number of likely N-dealkylation sites (N-methyl/N-ethyl adjacent to an activating group) is 1. The second-order valence-electron chi connectivity index (χ2n) is 9.39. The Kier molecular flexibility index (Phi) is 8.46. The molecule has 0 bridgehead atoms. The number of hydrogen-bond acceptors (Lipinski definition) is 6. The van der Waals surface area contributed by atoms with Gasteiger partial charge in [-0.1, -0.05) is 49.4 Å². The number of amidine groups is 1. The molecule has 0 saturated carbocycles. The number of carbonyl (C=O) groups is 1. The summed E-state index contributed by atoms with van der Waals surface area (Å²) in [5, 5.41) is 0.720. The summed E-state index contributed by atoms with van der Waals surface area (Å²) in [6, 6.07) is 25.9. The molecular weight excluding hydrogens is 494 g/mol. The molecule has 3 aromatic rings.